The molecule has 0 rings (SSSR count). The van der Waals surface area contributed by atoms with E-state index < -0.39 is 66.9 Å². The number of hydrogen-bond acceptors (Lipinski definition) is 7. The molecule has 0 fully saturated rings. The highest BCUT2D eigenvalue weighted by Crippen LogP contribution is 2.09. The number of carbonyl (C=O) groups excluding carboxylic acids is 3. The molecule has 0 aliphatic carbocycles. The number of carbonyl (C=O) groups is 5. The minimum atomic E-state index is -1.74. The van der Waals surface area contributed by atoms with Gasteiger partial charge in [0, 0.05) is 0 Å². The summed E-state index contributed by atoms with van der Waals surface area (Å²) in [6, 6.07) is -5.19. The molecule has 0 aliphatic rings. The van der Waals surface area contributed by atoms with Gasteiger partial charge in [-0.15, -0.1) is 0 Å². The Hall–Kier alpha value is -2.73. The molecule has 28 heavy (non-hydrogen) atoms. The summed E-state index contributed by atoms with van der Waals surface area (Å²) in [6.07, 6.45) is -0.375. The molecule has 0 radical (unpaired) electrons. The Kier molecular flexibility index (Phi) is 10.7. The summed E-state index contributed by atoms with van der Waals surface area (Å²) >= 11 is 0. The van der Waals surface area contributed by atoms with Crippen molar-refractivity contribution in [2.24, 2.45) is 11.7 Å². The van der Waals surface area contributed by atoms with Crippen LogP contribution < -0.4 is 21.7 Å². The zero-order valence-electron chi connectivity index (χ0n) is 16.0. The first kappa shape index (κ1) is 25.3. The normalized spacial score (nSPS) is 16.0. The molecule has 0 spiro atoms. The maximum absolute atomic E-state index is 12.5. The number of carboxylic acid groups (broad SMARTS) is 2. The molecule has 3 amide bonds. The van der Waals surface area contributed by atoms with E-state index in [2.05, 4.69) is 10.6 Å². The van der Waals surface area contributed by atoms with Crippen LogP contribution in [0.2, 0.25) is 0 Å². The number of nitrogens with one attached hydrogen (secondary N) is 3. The van der Waals surface area contributed by atoms with Gasteiger partial charge in [-0.1, -0.05) is 20.3 Å². The fourth-order valence-electron chi connectivity index (χ4n) is 2.09. The highest BCUT2D eigenvalue weighted by atomic mass is 16.4. The van der Waals surface area contributed by atoms with Crippen LogP contribution in [-0.4, -0.2) is 75.8 Å². The van der Waals surface area contributed by atoms with Crippen LogP contribution in [0.3, 0.4) is 0 Å². The lowest BCUT2D eigenvalue weighted by Crippen LogP contribution is -2.59. The lowest BCUT2D eigenvalue weighted by Gasteiger charge is -2.26. The van der Waals surface area contributed by atoms with E-state index in [1.54, 1.807) is 13.8 Å². The van der Waals surface area contributed by atoms with E-state index in [1.165, 1.54) is 6.92 Å². The van der Waals surface area contributed by atoms with E-state index in [4.69, 9.17) is 15.9 Å². The lowest BCUT2D eigenvalue weighted by atomic mass is 9.97. The van der Waals surface area contributed by atoms with E-state index in [-0.39, 0.29) is 5.92 Å². The van der Waals surface area contributed by atoms with Crippen molar-refractivity contribution in [1.82, 2.24) is 16.0 Å². The molecule has 0 aliphatic heterocycles. The second-order valence-corrected chi connectivity index (χ2v) is 6.40. The molecule has 0 aromatic rings. The van der Waals surface area contributed by atoms with E-state index in [0.717, 1.165) is 0 Å². The minimum absolute atomic E-state index is 0.330. The second-order valence-electron chi connectivity index (χ2n) is 6.40. The van der Waals surface area contributed by atoms with Crippen molar-refractivity contribution in [3.8, 4) is 0 Å². The summed E-state index contributed by atoms with van der Waals surface area (Å²) in [6.45, 7) is 4.03. The Morgan fingerprint density at radius 3 is 1.82 bits per heavy atom. The van der Waals surface area contributed by atoms with Crippen LogP contribution in [0.4, 0.5) is 0 Å². The quantitative estimate of drug-likeness (QED) is 0.181. The summed E-state index contributed by atoms with van der Waals surface area (Å²) in [7, 11) is 0. The van der Waals surface area contributed by atoms with Gasteiger partial charge in [0.1, 0.15) is 18.1 Å². The van der Waals surface area contributed by atoms with E-state index in [1.807, 2.05) is 5.32 Å². The molecule has 0 aromatic carbocycles. The third-order valence-corrected chi connectivity index (χ3v) is 4.02. The fraction of sp³-hybridized carbons (Fsp3) is 0.688. The molecule has 12 heteroatoms. The molecule has 5 atom stereocenters. The fourth-order valence-corrected chi connectivity index (χ4v) is 2.09. The molecular formula is C16H28N4O8. The van der Waals surface area contributed by atoms with E-state index in [9.17, 15) is 29.1 Å². The molecule has 0 aromatic heterocycles. The molecule has 0 bridgehead atoms. The van der Waals surface area contributed by atoms with Crippen LogP contribution in [0, 0.1) is 5.92 Å². The van der Waals surface area contributed by atoms with Crippen LogP contribution >= 0.6 is 0 Å². The first-order valence-electron chi connectivity index (χ1n) is 8.66. The van der Waals surface area contributed by atoms with Crippen molar-refractivity contribution < 1.29 is 39.3 Å². The number of carboxylic acids is 2. The highest BCUT2D eigenvalue weighted by molar-refractivity contribution is 5.94. The zero-order valence-corrected chi connectivity index (χ0v) is 16.0. The highest BCUT2D eigenvalue weighted by Gasteiger charge is 2.32. The number of nitrogens with two attached hydrogens (primary N) is 1. The Morgan fingerprint density at radius 1 is 0.893 bits per heavy atom. The third kappa shape index (κ3) is 8.31. The summed E-state index contributed by atoms with van der Waals surface area (Å²) in [5, 5.41) is 33.7. The van der Waals surface area contributed by atoms with Gasteiger partial charge in [-0.05, 0) is 12.8 Å². The maximum Gasteiger partial charge on any atom is 0.326 e. The van der Waals surface area contributed by atoms with Gasteiger partial charge in [-0.2, -0.15) is 0 Å². The average Bonchev–Trinajstić information content (AvgIpc) is 2.61. The SMILES string of the molecule is CCC(C)C(NC(=O)C(C)N)C(=O)NC(CO)C(=O)NC(CC(=O)O)C(=O)O. The number of amides is 3. The van der Waals surface area contributed by atoms with Crippen molar-refractivity contribution >= 4 is 29.7 Å². The minimum Gasteiger partial charge on any atom is -0.481 e. The first-order valence-corrected chi connectivity index (χ1v) is 8.66. The topological polar surface area (TPSA) is 208 Å². The van der Waals surface area contributed by atoms with Crippen LogP contribution in [-0.2, 0) is 24.0 Å². The Labute approximate surface area is 161 Å². The third-order valence-electron chi connectivity index (χ3n) is 4.02. The summed E-state index contributed by atoms with van der Waals surface area (Å²) in [5.74, 6) is -5.80. The van der Waals surface area contributed by atoms with Gasteiger partial charge < -0.3 is 37.0 Å². The number of aliphatic carboxylic acids is 2. The molecular weight excluding hydrogens is 376 g/mol. The Balaban J connectivity index is 5.23. The monoisotopic (exact) mass is 404 g/mol. The predicted octanol–water partition coefficient (Wildman–Crippen LogP) is -2.61. The van der Waals surface area contributed by atoms with Crippen molar-refractivity contribution in [2.75, 3.05) is 6.61 Å². The second kappa shape index (κ2) is 11.9. The van der Waals surface area contributed by atoms with Gasteiger partial charge in [-0.3, -0.25) is 19.2 Å². The molecule has 0 saturated carbocycles. The van der Waals surface area contributed by atoms with Gasteiger partial charge >= 0.3 is 11.9 Å². The Morgan fingerprint density at radius 2 is 1.43 bits per heavy atom. The largest absolute Gasteiger partial charge is 0.481 e. The average molecular weight is 404 g/mol. The molecule has 5 unspecified atom stereocenters. The van der Waals surface area contributed by atoms with Gasteiger partial charge in [0.2, 0.25) is 17.7 Å². The van der Waals surface area contributed by atoms with Crippen LogP contribution in [0.1, 0.15) is 33.6 Å². The Bertz CT molecular complexity index is 595. The van der Waals surface area contributed by atoms with Crippen LogP contribution in [0.15, 0.2) is 0 Å². The van der Waals surface area contributed by atoms with Gasteiger partial charge in [-0.25, -0.2) is 4.79 Å². The standard InChI is InChI=1S/C16H28N4O8/c1-4-7(2)12(20-13(24)8(3)17)15(26)19-10(6-21)14(25)18-9(16(27)28)5-11(22)23/h7-10,12,21H,4-6,17H2,1-3H3,(H,18,25)(H,19,26)(H,20,24)(H,22,23)(H,27,28). The maximum atomic E-state index is 12.5. The van der Waals surface area contributed by atoms with Gasteiger partial charge in [0.05, 0.1) is 19.1 Å². The number of rotatable bonds is 12. The van der Waals surface area contributed by atoms with Crippen molar-refractivity contribution in [3.63, 3.8) is 0 Å². The number of aliphatic hydroxyl groups excluding tert-OH is 1. The molecule has 8 N–H and O–H groups in total. The summed E-state index contributed by atoms with van der Waals surface area (Å²) in [5.41, 5.74) is 5.47. The number of hydrogen-bond donors (Lipinski definition) is 7. The van der Waals surface area contributed by atoms with Crippen LogP contribution in [0.5, 0.6) is 0 Å². The molecule has 12 nitrogen and oxygen atoms in total. The van der Waals surface area contributed by atoms with E-state index in [0.29, 0.717) is 6.42 Å². The van der Waals surface area contributed by atoms with Crippen molar-refractivity contribution in [1.29, 1.82) is 0 Å². The summed E-state index contributed by atoms with van der Waals surface area (Å²) < 4.78 is 0. The van der Waals surface area contributed by atoms with Gasteiger partial charge in [0.15, 0.2) is 0 Å². The first-order chi connectivity index (χ1) is 12.9. The molecule has 160 valence electrons. The van der Waals surface area contributed by atoms with E-state index >= 15 is 0 Å². The van der Waals surface area contributed by atoms with Crippen molar-refractivity contribution in [2.45, 2.75) is 57.8 Å². The lowest BCUT2D eigenvalue weighted by molar-refractivity contribution is -0.147. The van der Waals surface area contributed by atoms with Gasteiger partial charge in [0.25, 0.3) is 0 Å². The zero-order chi connectivity index (χ0) is 22.0. The van der Waals surface area contributed by atoms with Crippen LogP contribution in [0.25, 0.3) is 0 Å². The predicted molar refractivity (Wildman–Crippen MR) is 95.9 cm³/mol. The molecule has 0 saturated heterocycles. The van der Waals surface area contributed by atoms with Crippen molar-refractivity contribution in [3.05, 3.63) is 0 Å². The number of aliphatic hydroxyl groups is 1. The summed E-state index contributed by atoms with van der Waals surface area (Å²) in [4.78, 5) is 58.2. The molecule has 0 heterocycles. The smallest absolute Gasteiger partial charge is 0.326 e.